The average molecular weight is 425 g/mol. The molecule has 3 aromatic rings. The minimum absolute atomic E-state index is 0.0363. The number of rotatable bonds is 7. The van der Waals surface area contributed by atoms with E-state index in [0.29, 0.717) is 29.1 Å². The lowest BCUT2D eigenvalue weighted by atomic mass is 10.1. The Labute approximate surface area is 181 Å². The average Bonchev–Trinajstić information content (AvgIpc) is 3.01. The van der Waals surface area contributed by atoms with Gasteiger partial charge in [0.25, 0.3) is 11.8 Å². The zero-order valence-corrected chi connectivity index (χ0v) is 18.0. The maximum atomic E-state index is 13.0. The predicted molar refractivity (Wildman–Crippen MR) is 119 cm³/mol. The number of halogens is 1. The van der Waals surface area contributed by atoms with Gasteiger partial charge in [-0.3, -0.25) is 9.59 Å². The molecule has 1 heterocycles. The molecule has 1 atom stereocenters. The standard InChI is InChI=1S/C23H25ClN4O2/c1-4-15(2)25-22(29)18-12-8-9-13-19(18)26-23(30)20-16(3)27-28(21(20)24)14-17-10-6-5-7-11-17/h5-13,15H,4,14H2,1-3H3,(H,25,29)(H,26,30). The number of benzene rings is 2. The first kappa shape index (κ1) is 21.6. The largest absolute Gasteiger partial charge is 0.350 e. The summed E-state index contributed by atoms with van der Waals surface area (Å²) >= 11 is 6.49. The lowest BCUT2D eigenvalue weighted by molar-refractivity contribution is 0.0940. The summed E-state index contributed by atoms with van der Waals surface area (Å²) in [6, 6.07) is 16.7. The number of nitrogens with zero attached hydrogens (tertiary/aromatic N) is 2. The van der Waals surface area contributed by atoms with Gasteiger partial charge < -0.3 is 10.6 Å². The highest BCUT2D eigenvalue weighted by molar-refractivity contribution is 6.33. The zero-order valence-electron chi connectivity index (χ0n) is 17.3. The number of amides is 2. The van der Waals surface area contributed by atoms with Crippen LogP contribution in [0.5, 0.6) is 0 Å². The van der Waals surface area contributed by atoms with Crippen LogP contribution in [-0.4, -0.2) is 27.6 Å². The smallest absolute Gasteiger partial charge is 0.260 e. The number of carbonyl (C=O) groups excluding carboxylic acids is 2. The molecule has 2 N–H and O–H groups in total. The summed E-state index contributed by atoms with van der Waals surface area (Å²) in [5.74, 6) is -0.636. The fraction of sp³-hybridized carbons (Fsp3) is 0.261. The monoisotopic (exact) mass is 424 g/mol. The highest BCUT2D eigenvalue weighted by Crippen LogP contribution is 2.24. The van der Waals surface area contributed by atoms with Crippen LogP contribution in [0.2, 0.25) is 5.15 Å². The van der Waals surface area contributed by atoms with E-state index in [2.05, 4.69) is 15.7 Å². The van der Waals surface area contributed by atoms with Gasteiger partial charge >= 0.3 is 0 Å². The quantitative estimate of drug-likeness (QED) is 0.578. The van der Waals surface area contributed by atoms with E-state index < -0.39 is 5.91 Å². The Morgan fingerprint density at radius 1 is 1.07 bits per heavy atom. The van der Waals surface area contributed by atoms with Crippen molar-refractivity contribution in [1.82, 2.24) is 15.1 Å². The van der Waals surface area contributed by atoms with Gasteiger partial charge in [0.15, 0.2) is 0 Å². The van der Waals surface area contributed by atoms with E-state index >= 15 is 0 Å². The van der Waals surface area contributed by atoms with Gasteiger partial charge in [0.1, 0.15) is 5.15 Å². The van der Waals surface area contributed by atoms with E-state index in [1.165, 1.54) is 0 Å². The van der Waals surface area contributed by atoms with Crippen molar-refractivity contribution in [3.63, 3.8) is 0 Å². The first-order valence-corrected chi connectivity index (χ1v) is 10.3. The third-order valence-corrected chi connectivity index (χ3v) is 5.26. The van der Waals surface area contributed by atoms with E-state index in [1.54, 1.807) is 35.9 Å². The number of aromatic nitrogens is 2. The highest BCUT2D eigenvalue weighted by atomic mass is 35.5. The number of carbonyl (C=O) groups is 2. The molecule has 7 heteroatoms. The van der Waals surface area contributed by atoms with Gasteiger partial charge in [0.05, 0.1) is 29.1 Å². The molecule has 0 aliphatic heterocycles. The molecule has 2 amide bonds. The van der Waals surface area contributed by atoms with Gasteiger partial charge in [0.2, 0.25) is 0 Å². The summed E-state index contributed by atoms with van der Waals surface area (Å²) < 4.78 is 1.60. The summed E-state index contributed by atoms with van der Waals surface area (Å²) in [6.45, 7) is 6.13. The van der Waals surface area contributed by atoms with Crippen LogP contribution < -0.4 is 10.6 Å². The molecule has 0 spiro atoms. The van der Waals surface area contributed by atoms with Crippen LogP contribution in [0.1, 0.15) is 52.2 Å². The van der Waals surface area contributed by atoms with Crippen molar-refractivity contribution in [3.05, 3.63) is 82.1 Å². The SMILES string of the molecule is CCC(C)NC(=O)c1ccccc1NC(=O)c1c(C)nn(Cc2ccccc2)c1Cl. The third kappa shape index (κ3) is 4.89. The van der Waals surface area contributed by atoms with Crippen LogP contribution in [-0.2, 0) is 6.54 Å². The van der Waals surface area contributed by atoms with Crippen LogP contribution in [0.15, 0.2) is 54.6 Å². The van der Waals surface area contributed by atoms with Gasteiger partial charge in [-0.25, -0.2) is 4.68 Å². The minimum Gasteiger partial charge on any atom is -0.350 e. The van der Waals surface area contributed by atoms with Crippen molar-refractivity contribution in [1.29, 1.82) is 0 Å². The lowest BCUT2D eigenvalue weighted by Crippen LogP contribution is -2.32. The van der Waals surface area contributed by atoms with Gasteiger partial charge in [-0.2, -0.15) is 5.10 Å². The third-order valence-electron chi connectivity index (χ3n) is 4.88. The molecule has 2 aromatic carbocycles. The van der Waals surface area contributed by atoms with E-state index in [0.717, 1.165) is 12.0 Å². The van der Waals surface area contributed by atoms with Gasteiger partial charge in [-0.05, 0) is 38.0 Å². The number of hydrogen-bond donors (Lipinski definition) is 2. The molecular formula is C23H25ClN4O2. The minimum atomic E-state index is -0.402. The van der Waals surface area contributed by atoms with E-state index in [4.69, 9.17) is 11.6 Å². The maximum absolute atomic E-state index is 13.0. The summed E-state index contributed by atoms with van der Waals surface area (Å²) in [5, 5.41) is 10.4. The van der Waals surface area contributed by atoms with Gasteiger partial charge in [-0.1, -0.05) is 61.0 Å². The first-order valence-electron chi connectivity index (χ1n) is 9.88. The van der Waals surface area contributed by atoms with Crippen molar-refractivity contribution in [2.75, 3.05) is 5.32 Å². The molecule has 30 heavy (non-hydrogen) atoms. The summed E-state index contributed by atoms with van der Waals surface area (Å²) in [6.07, 6.45) is 0.815. The van der Waals surface area contributed by atoms with Crippen LogP contribution in [0.25, 0.3) is 0 Å². The number of para-hydroxylation sites is 1. The molecular weight excluding hydrogens is 400 g/mol. The number of nitrogens with one attached hydrogen (secondary N) is 2. The summed E-state index contributed by atoms with van der Waals surface area (Å²) in [4.78, 5) is 25.6. The second-order valence-corrected chi connectivity index (χ2v) is 7.53. The fourth-order valence-corrected chi connectivity index (χ4v) is 3.37. The second-order valence-electron chi connectivity index (χ2n) is 7.18. The number of aryl methyl sites for hydroxylation is 1. The number of hydrogen-bond acceptors (Lipinski definition) is 3. The summed E-state index contributed by atoms with van der Waals surface area (Å²) in [5.41, 5.74) is 2.67. The molecule has 156 valence electrons. The number of anilines is 1. The molecule has 0 bridgehead atoms. The molecule has 0 aliphatic carbocycles. The fourth-order valence-electron chi connectivity index (χ4n) is 3.05. The topological polar surface area (TPSA) is 76.0 Å². The van der Waals surface area contributed by atoms with Crippen LogP contribution in [0.3, 0.4) is 0 Å². The summed E-state index contributed by atoms with van der Waals surface area (Å²) in [7, 11) is 0. The predicted octanol–water partition coefficient (Wildman–Crippen LogP) is 4.67. The molecule has 0 radical (unpaired) electrons. The molecule has 0 saturated carbocycles. The van der Waals surface area contributed by atoms with Crippen LogP contribution >= 0.6 is 11.6 Å². The van der Waals surface area contributed by atoms with Crippen LogP contribution in [0, 0.1) is 6.92 Å². The Bertz CT molecular complexity index is 1050. The van der Waals surface area contributed by atoms with E-state index in [9.17, 15) is 9.59 Å². The van der Waals surface area contributed by atoms with Crippen molar-refractivity contribution in [2.24, 2.45) is 0 Å². The molecule has 0 saturated heterocycles. The van der Waals surface area contributed by atoms with Crippen molar-refractivity contribution in [2.45, 2.75) is 39.8 Å². The maximum Gasteiger partial charge on any atom is 0.260 e. The van der Waals surface area contributed by atoms with Gasteiger partial charge in [-0.15, -0.1) is 0 Å². The van der Waals surface area contributed by atoms with Crippen molar-refractivity contribution >= 4 is 29.1 Å². The molecule has 1 unspecified atom stereocenters. The molecule has 6 nitrogen and oxygen atoms in total. The van der Waals surface area contributed by atoms with Gasteiger partial charge in [0, 0.05) is 6.04 Å². The molecule has 1 aromatic heterocycles. The van der Waals surface area contributed by atoms with E-state index in [-0.39, 0.29) is 17.1 Å². The zero-order chi connectivity index (χ0) is 21.7. The Morgan fingerprint density at radius 3 is 2.43 bits per heavy atom. The second kappa shape index (κ2) is 9.59. The Hall–Kier alpha value is -3.12. The van der Waals surface area contributed by atoms with Crippen molar-refractivity contribution < 1.29 is 9.59 Å². The van der Waals surface area contributed by atoms with Crippen molar-refractivity contribution in [3.8, 4) is 0 Å². The Balaban J connectivity index is 1.83. The highest BCUT2D eigenvalue weighted by Gasteiger charge is 2.22. The lowest BCUT2D eigenvalue weighted by Gasteiger charge is -2.14. The molecule has 0 fully saturated rings. The van der Waals surface area contributed by atoms with Crippen LogP contribution in [0.4, 0.5) is 5.69 Å². The Kier molecular flexibility index (Phi) is 6.90. The molecule has 0 aliphatic rings. The Morgan fingerprint density at radius 2 is 1.73 bits per heavy atom. The first-order chi connectivity index (χ1) is 14.4. The normalized spacial score (nSPS) is 11.7. The van der Waals surface area contributed by atoms with E-state index in [1.807, 2.05) is 44.2 Å². The molecule has 3 rings (SSSR count).